The Kier molecular flexibility index (Phi) is 6.30. The van der Waals surface area contributed by atoms with Gasteiger partial charge in [0.2, 0.25) is 0 Å². The van der Waals surface area contributed by atoms with Crippen LogP contribution in [0.2, 0.25) is 0 Å². The molecule has 2 N–H and O–H groups in total. The van der Waals surface area contributed by atoms with E-state index >= 15 is 0 Å². The van der Waals surface area contributed by atoms with Crippen molar-refractivity contribution >= 4 is 0 Å². The molecule has 114 valence electrons. The van der Waals surface area contributed by atoms with Gasteiger partial charge >= 0.3 is 0 Å². The quantitative estimate of drug-likeness (QED) is 0.806. The van der Waals surface area contributed by atoms with Gasteiger partial charge in [0.25, 0.3) is 0 Å². The lowest BCUT2D eigenvalue weighted by molar-refractivity contribution is 0.165. The summed E-state index contributed by atoms with van der Waals surface area (Å²) in [6, 6.07) is 5.38. The second-order valence-corrected chi connectivity index (χ2v) is 6.34. The molecule has 0 heterocycles. The minimum atomic E-state index is 0.178. The number of methoxy groups -OCH3 is 1. The summed E-state index contributed by atoms with van der Waals surface area (Å²) in [5, 5.41) is 19.0. The summed E-state index contributed by atoms with van der Waals surface area (Å²) in [5.41, 5.74) is 1.06. The van der Waals surface area contributed by atoms with Gasteiger partial charge in [-0.15, -0.1) is 0 Å². The Morgan fingerprint density at radius 2 is 1.95 bits per heavy atom. The van der Waals surface area contributed by atoms with Gasteiger partial charge in [-0.25, -0.2) is 0 Å². The fourth-order valence-corrected chi connectivity index (χ4v) is 2.22. The smallest absolute Gasteiger partial charge is 0.123 e. The maximum atomic E-state index is 10.0. The van der Waals surface area contributed by atoms with Crippen molar-refractivity contribution in [3.63, 3.8) is 0 Å². The molecule has 1 aromatic rings. The van der Waals surface area contributed by atoms with Gasteiger partial charge in [0.15, 0.2) is 0 Å². The summed E-state index contributed by atoms with van der Waals surface area (Å²) >= 11 is 0. The molecule has 0 aliphatic carbocycles. The Morgan fingerprint density at radius 1 is 1.25 bits per heavy atom. The Labute approximate surface area is 122 Å². The van der Waals surface area contributed by atoms with Gasteiger partial charge in [-0.05, 0) is 17.9 Å². The molecule has 0 radical (unpaired) electrons. The van der Waals surface area contributed by atoms with Crippen molar-refractivity contribution in [1.82, 2.24) is 4.90 Å². The first-order valence-corrected chi connectivity index (χ1v) is 7.05. The maximum Gasteiger partial charge on any atom is 0.123 e. The van der Waals surface area contributed by atoms with E-state index in [0.29, 0.717) is 12.3 Å². The van der Waals surface area contributed by atoms with Gasteiger partial charge in [-0.2, -0.15) is 0 Å². The lowest BCUT2D eigenvalue weighted by atomic mass is 9.95. The Morgan fingerprint density at radius 3 is 2.45 bits per heavy atom. The molecular formula is C16H27NO3. The van der Waals surface area contributed by atoms with Crippen LogP contribution < -0.4 is 4.74 Å². The molecule has 4 nitrogen and oxygen atoms in total. The van der Waals surface area contributed by atoms with Crippen LogP contribution in [-0.4, -0.2) is 41.9 Å². The highest BCUT2D eigenvalue weighted by Crippen LogP contribution is 2.26. The minimum absolute atomic E-state index is 0.178. The highest BCUT2D eigenvalue weighted by Gasteiger charge is 2.17. The molecule has 0 fully saturated rings. The van der Waals surface area contributed by atoms with Gasteiger partial charge in [0.05, 0.1) is 7.11 Å². The molecule has 0 saturated heterocycles. The predicted octanol–water partition coefficient (Wildman–Crippen LogP) is 2.63. The van der Waals surface area contributed by atoms with Crippen LogP contribution in [0, 0.1) is 5.41 Å². The molecule has 0 atom stereocenters. The van der Waals surface area contributed by atoms with E-state index in [-0.39, 0.29) is 17.8 Å². The number of aliphatic hydroxyl groups excluding tert-OH is 1. The van der Waals surface area contributed by atoms with Crippen molar-refractivity contribution in [2.75, 3.05) is 26.8 Å². The van der Waals surface area contributed by atoms with E-state index in [1.807, 2.05) is 12.1 Å². The molecule has 0 amide bonds. The molecule has 1 rings (SSSR count). The average molecular weight is 281 g/mol. The molecule has 0 aliphatic rings. The molecule has 1 aromatic carbocycles. The maximum absolute atomic E-state index is 10.0. The van der Waals surface area contributed by atoms with Crippen molar-refractivity contribution in [1.29, 1.82) is 0 Å². The average Bonchev–Trinajstić information content (AvgIpc) is 2.36. The second-order valence-electron chi connectivity index (χ2n) is 6.34. The van der Waals surface area contributed by atoms with Crippen LogP contribution in [0.5, 0.6) is 11.5 Å². The van der Waals surface area contributed by atoms with E-state index < -0.39 is 0 Å². The second kappa shape index (κ2) is 7.50. The largest absolute Gasteiger partial charge is 0.507 e. The molecule has 0 bridgehead atoms. The number of phenolic OH excluding ortho intramolecular Hbond substituents is 1. The fraction of sp³-hybridized carbons (Fsp3) is 0.625. The van der Waals surface area contributed by atoms with Crippen LogP contribution in [0.25, 0.3) is 0 Å². The van der Waals surface area contributed by atoms with Crippen molar-refractivity contribution < 1.29 is 14.9 Å². The topological polar surface area (TPSA) is 52.9 Å². The zero-order valence-corrected chi connectivity index (χ0v) is 13.0. The monoisotopic (exact) mass is 281 g/mol. The molecular weight excluding hydrogens is 254 g/mol. The summed E-state index contributed by atoms with van der Waals surface area (Å²) in [7, 11) is 1.58. The number of phenols is 1. The van der Waals surface area contributed by atoms with Crippen LogP contribution in [0.4, 0.5) is 0 Å². The Bertz CT molecular complexity index is 413. The van der Waals surface area contributed by atoms with Crippen molar-refractivity contribution in [2.24, 2.45) is 5.41 Å². The summed E-state index contributed by atoms with van der Waals surface area (Å²) in [6.07, 6.45) is 0.743. The van der Waals surface area contributed by atoms with Gasteiger partial charge in [-0.1, -0.05) is 26.8 Å². The van der Waals surface area contributed by atoms with E-state index in [0.717, 1.165) is 25.1 Å². The van der Waals surface area contributed by atoms with Gasteiger partial charge in [-0.3, -0.25) is 4.90 Å². The molecule has 20 heavy (non-hydrogen) atoms. The normalized spacial score (nSPS) is 11.9. The fourth-order valence-electron chi connectivity index (χ4n) is 2.22. The van der Waals surface area contributed by atoms with Crippen molar-refractivity contribution in [3.05, 3.63) is 23.8 Å². The first kappa shape index (κ1) is 16.8. The summed E-state index contributed by atoms with van der Waals surface area (Å²) < 4.78 is 5.09. The summed E-state index contributed by atoms with van der Waals surface area (Å²) in [4.78, 5) is 2.26. The van der Waals surface area contributed by atoms with E-state index in [1.54, 1.807) is 13.2 Å². The van der Waals surface area contributed by atoms with Crippen molar-refractivity contribution in [2.45, 2.75) is 33.7 Å². The van der Waals surface area contributed by atoms with Gasteiger partial charge < -0.3 is 14.9 Å². The highest BCUT2D eigenvalue weighted by atomic mass is 16.5. The SMILES string of the molecule is COc1ccc(CN(CCCO)CC(C)(C)C)c(O)c1. The van der Waals surface area contributed by atoms with Crippen LogP contribution in [0.3, 0.4) is 0 Å². The van der Waals surface area contributed by atoms with Crippen LogP contribution >= 0.6 is 0 Å². The Balaban J connectivity index is 2.77. The van der Waals surface area contributed by atoms with Crippen LogP contribution in [0.15, 0.2) is 18.2 Å². The number of nitrogens with zero attached hydrogens (tertiary/aromatic N) is 1. The first-order valence-electron chi connectivity index (χ1n) is 7.05. The van der Waals surface area contributed by atoms with Crippen molar-refractivity contribution in [3.8, 4) is 11.5 Å². The third-order valence-corrected chi connectivity index (χ3v) is 3.02. The minimum Gasteiger partial charge on any atom is -0.507 e. The van der Waals surface area contributed by atoms with Gasteiger partial charge in [0, 0.05) is 37.9 Å². The van der Waals surface area contributed by atoms with E-state index in [4.69, 9.17) is 9.84 Å². The molecule has 4 heteroatoms. The van der Waals surface area contributed by atoms with E-state index in [9.17, 15) is 5.11 Å². The third kappa shape index (κ3) is 5.80. The van der Waals surface area contributed by atoms with Crippen LogP contribution in [0.1, 0.15) is 32.8 Å². The lowest BCUT2D eigenvalue weighted by Crippen LogP contribution is -2.33. The molecule has 0 aliphatic heterocycles. The highest BCUT2D eigenvalue weighted by molar-refractivity contribution is 5.39. The lowest BCUT2D eigenvalue weighted by Gasteiger charge is -2.30. The number of benzene rings is 1. The van der Waals surface area contributed by atoms with E-state index in [1.165, 1.54) is 0 Å². The Hall–Kier alpha value is -1.26. The number of aliphatic hydroxyl groups is 1. The number of hydrogen-bond acceptors (Lipinski definition) is 4. The standard InChI is InChI=1S/C16H27NO3/c1-16(2,3)12-17(8-5-9-18)11-13-6-7-14(20-4)10-15(13)19/h6-7,10,18-19H,5,8-9,11-12H2,1-4H3. The molecule has 0 unspecified atom stereocenters. The summed E-state index contributed by atoms with van der Waals surface area (Å²) in [5.74, 6) is 0.913. The predicted molar refractivity (Wildman–Crippen MR) is 81.1 cm³/mol. The number of ether oxygens (including phenoxy) is 1. The zero-order valence-electron chi connectivity index (χ0n) is 13.0. The molecule has 0 spiro atoms. The number of hydrogen-bond donors (Lipinski definition) is 2. The number of rotatable bonds is 7. The van der Waals surface area contributed by atoms with Gasteiger partial charge in [0.1, 0.15) is 11.5 Å². The zero-order chi connectivity index (χ0) is 15.2. The molecule has 0 saturated carbocycles. The third-order valence-electron chi connectivity index (χ3n) is 3.02. The summed E-state index contributed by atoms with van der Waals surface area (Å²) in [6.45, 7) is 9.16. The molecule has 0 aromatic heterocycles. The van der Waals surface area contributed by atoms with E-state index in [2.05, 4.69) is 25.7 Å². The van der Waals surface area contributed by atoms with Crippen LogP contribution in [-0.2, 0) is 6.54 Å². The first-order chi connectivity index (χ1) is 9.35. The number of aromatic hydroxyl groups is 1.